The van der Waals surface area contributed by atoms with Crippen molar-refractivity contribution in [1.82, 2.24) is 15.1 Å². The highest BCUT2D eigenvalue weighted by Crippen LogP contribution is 2.37. The molecule has 0 bridgehead atoms. The number of rotatable bonds is 2. The number of fused-ring (bicyclic) bond motifs is 2. The molecule has 1 amide bonds. The van der Waals surface area contributed by atoms with E-state index in [1.165, 1.54) is 6.42 Å². The zero-order valence-electron chi connectivity index (χ0n) is 12.0. The summed E-state index contributed by atoms with van der Waals surface area (Å²) in [6.45, 7) is 1.71. The number of likely N-dealkylation sites (tertiary alicyclic amines) is 1. The van der Waals surface area contributed by atoms with Crippen molar-refractivity contribution in [2.24, 2.45) is 17.6 Å². The maximum atomic E-state index is 12.5. The number of hydrogen-bond donors (Lipinski definition) is 2. The van der Waals surface area contributed by atoms with Crippen LogP contribution in [0, 0.1) is 11.8 Å². The van der Waals surface area contributed by atoms with Gasteiger partial charge in [-0.25, -0.2) is 0 Å². The van der Waals surface area contributed by atoms with Crippen molar-refractivity contribution in [2.45, 2.75) is 25.3 Å². The van der Waals surface area contributed by atoms with E-state index in [9.17, 15) is 4.79 Å². The number of hydrogen-bond acceptors (Lipinski definition) is 3. The maximum Gasteiger partial charge on any atom is 0.228 e. The van der Waals surface area contributed by atoms with Crippen LogP contribution in [0.2, 0.25) is 0 Å². The van der Waals surface area contributed by atoms with Gasteiger partial charge in [-0.1, -0.05) is 18.2 Å². The molecule has 1 aromatic carbocycles. The molecule has 2 aromatic rings. The van der Waals surface area contributed by atoms with Crippen molar-refractivity contribution in [3.8, 4) is 0 Å². The minimum Gasteiger partial charge on any atom is -0.342 e. The Labute approximate surface area is 123 Å². The molecule has 3 N–H and O–H groups in total. The highest BCUT2D eigenvalue weighted by atomic mass is 16.2. The average molecular weight is 284 g/mol. The fraction of sp³-hybridized carbons (Fsp3) is 0.500. The fourth-order valence-corrected chi connectivity index (χ4v) is 3.92. The molecule has 21 heavy (non-hydrogen) atoms. The minimum atomic E-state index is 0.186. The average Bonchev–Trinajstić information content (AvgIpc) is 3.16. The number of nitrogens with two attached hydrogens (primary N) is 1. The first kappa shape index (κ1) is 12.8. The molecule has 0 radical (unpaired) electrons. The molecule has 2 aliphatic rings. The monoisotopic (exact) mass is 284 g/mol. The summed E-state index contributed by atoms with van der Waals surface area (Å²) < 4.78 is 0. The Balaban J connectivity index is 1.49. The van der Waals surface area contributed by atoms with Gasteiger partial charge in [0.05, 0.1) is 17.6 Å². The van der Waals surface area contributed by atoms with Gasteiger partial charge in [-0.15, -0.1) is 0 Å². The highest BCUT2D eigenvalue weighted by Gasteiger charge is 2.42. The summed E-state index contributed by atoms with van der Waals surface area (Å²) in [5.74, 6) is 1.31. The molecule has 3 unspecified atom stereocenters. The van der Waals surface area contributed by atoms with Gasteiger partial charge < -0.3 is 10.6 Å². The van der Waals surface area contributed by atoms with Gasteiger partial charge in [0.25, 0.3) is 0 Å². The van der Waals surface area contributed by atoms with Crippen LogP contribution in [0.3, 0.4) is 0 Å². The number of carbonyl (C=O) groups is 1. The van der Waals surface area contributed by atoms with Crippen LogP contribution in [0.15, 0.2) is 24.3 Å². The van der Waals surface area contributed by atoms with Crippen molar-refractivity contribution in [3.63, 3.8) is 0 Å². The van der Waals surface area contributed by atoms with Gasteiger partial charge in [0.15, 0.2) is 0 Å². The summed E-state index contributed by atoms with van der Waals surface area (Å²) in [4.78, 5) is 14.5. The Morgan fingerprint density at radius 1 is 1.33 bits per heavy atom. The number of para-hydroxylation sites is 1. The SMILES string of the molecule is NC1CCC2CN(C(=O)Cc3[nH]nc4ccccc34)CC12. The predicted octanol–water partition coefficient (Wildman–Crippen LogP) is 1.30. The lowest BCUT2D eigenvalue weighted by Gasteiger charge is -2.18. The van der Waals surface area contributed by atoms with E-state index in [1.807, 2.05) is 29.2 Å². The van der Waals surface area contributed by atoms with Gasteiger partial charge >= 0.3 is 0 Å². The Morgan fingerprint density at radius 2 is 2.19 bits per heavy atom. The van der Waals surface area contributed by atoms with Gasteiger partial charge in [-0.3, -0.25) is 9.89 Å². The van der Waals surface area contributed by atoms with E-state index in [1.54, 1.807) is 0 Å². The molecule has 4 rings (SSSR count). The second-order valence-electron chi connectivity index (χ2n) is 6.36. The first-order valence-electron chi connectivity index (χ1n) is 7.67. The van der Waals surface area contributed by atoms with E-state index in [0.29, 0.717) is 18.3 Å². The molecule has 1 aliphatic carbocycles. The zero-order valence-corrected chi connectivity index (χ0v) is 12.0. The molecule has 5 heteroatoms. The molecule has 0 spiro atoms. The minimum absolute atomic E-state index is 0.186. The van der Waals surface area contributed by atoms with Crippen LogP contribution in [-0.4, -0.2) is 40.1 Å². The van der Waals surface area contributed by atoms with Gasteiger partial charge in [0, 0.05) is 24.5 Å². The number of benzene rings is 1. The van der Waals surface area contributed by atoms with E-state index in [2.05, 4.69) is 10.2 Å². The van der Waals surface area contributed by atoms with Crippen LogP contribution in [0.25, 0.3) is 10.9 Å². The lowest BCUT2D eigenvalue weighted by Crippen LogP contribution is -2.34. The summed E-state index contributed by atoms with van der Waals surface area (Å²) in [5.41, 5.74) is 7.97. The fourth-order valence-electron chi connectivity index (χ4n) is 3.92. The molecular formula is C16H20N4O. The van der Waals surface area contributed by atoms with Crippen molar-refractivity contribution in [3.05, 3.63) is 30.0 Å². The molecule has 1 saturated heterocycles. The first-order valence-corrected chi connectivity index (χ1v) is 7.67. The second-order valence-corrected chi connectivity index (χ2v) is 6.36. The lowest BCUT2D eigenvalue weighted by molar-refractivity contribution is -0.129. The molecule has 5 nitrogen and oxygen atoms in total. The van der Waals surface area contributed by atoms with Crippen molar-refractivity contribution in [1.29, 1.82) is 0 Å². The third-order valence-electron chi connectivity index (χ3n) is 5.13. The molecule has 2 heterocycles. The maximum absolute atomic E-state index is 12.5. The molecule has 1 aliphatic heterocycles. The predicted molar refractivity (Wildman–Crippen MR) is 80.6 cm³/mol. The largest absolute Gasteiger partial charge is 0.342 e. The van der Waals surface area contributed by atoms with E-state index in [4.69, 9.17) is 5.73 Å². The number of aromatic nitrogens is 2. The number of nitrogens with one attached hydrogen (secondary N) is 1. The Morgan fingerprint density at radius 3 is 3.05 bits per heavy atom. The second kappa shape index (κ2) is 4.84. The summed E-state index contributed by atoms with van der Waals surface area (Å²) in [6.07, 6.45) is 2.68. The number of nitrogens with zero attached hydrogens (tertiary/aromatic N) is 2. The Kier molecular flexibility index (Phi) is 2.96. The summed E-state index contributed by atoms with van der Waals surface area (Å²) in [6, 6.07) is 8.18. The quantitative estimate of drug-likeness (QED) is 0.873. The van der Waals surface area contributed by atoms with Gasteiger partial charge in [-0.05, 0) is 30.7 Å². The third-order valence-corrected chi connectivity index (χ3v) is 5.13. The summed E-state index contributed by atoms with van der Waals surface area (Å²) >= 11 is 0. The van der Waals surface area contributed by atoms with E-state index >= 15 is 0 Å². The lowest BCUT2D eigenvalue weighted by atomic mass is 9.98. The standard InChI is InChI=1S/C16H20N4O/c17-13-6-5-10-8-20(9-12(10)13)16(21)7-15-11-3-1-2-4-14(11)18-19-15/h1-4,10,12-13H,5-9,17H2,(H,18,19). The van der Waals surface area contributed by atoms with Crippen LogP contribution < -0.4 is 5.73 Å². The van der Waals surface area contributed by atoms with Gasteiger partial charge in [0.2, 0.25) is 5.91 Å². The van der Waals surface area contributed by atoms with E-state index in [-0.39, 0.29) is 11.9 Å². The van der Waals surface area contributed by atoms with Crippen molar-refractivity contribution >= 4 is 16.8 Å². The van der Waals surface area contributed by atoms with Crippen LogP contribution in [0.5, 0.6) is 0 Å². The van der Waals surface area contributed by atoms with Crippen LogP contribution >= 0.6 is 0 Å². The normalized spacial score (nSPS) is 28.2. The molecule has 2 fully saturated rings. The topological polar surface area (TPSA) is 75.0 Å². The zero-order chi connectivity index (χ0) is 14.4. The van der Waals surface area contributed by atoms with Crippen LogP contribution in [0.1, 0.15) is 18.5 Å². The van der Waals surface area contributed by atoms with Crippen molar-refractivity contribution < 1.29 is 4.79 Å². The molecule has 110 valence electrons. The van der Waals surface area contributed by atoms with Gasteiger partial charge in [0.1, 0.15) is 0 Å². The van der Waals surface area contributed by atoms with Crippen LogP contribution in [-0.2, 0) is 11.2 Å². The summed E-state index contributed by atoms with van der Waals surface area (Å²) in [5, 5.41) is 8.30. The number of aromatic amines is 1. The smallest absolute Gasteiger partial charge is 0.228 e. The Hall–Kier alpha value is -1.88. The van der Waals surface area contributed by atoms with Crippen LogP contribution in [0.4, 0.5) is 0 Å². The number of H-pyrrole nitrogens is 1. The summed E-state index contributed by atoms with van der Waals surface area (Å²) in [7, 11) is 0. The molecule has 1 saturated carbocycles. The van der Waals surface area contributed by atoms with E-state index < -0.39 is 0 Å². The number of amides is 1. The molecule has 1 aromatic heterocycles. The van der Waals surface area contributed by atoms with E-state index in [0.717, 1.165) is 36.1 Å². The first-order chi connectivity index (χ1) is 10.2. The molecule has 3 atom stereocenters. The van der Waals surface area contributed by atoms with Crippen molar-refractivity contribution in [2.75, 3.05) is 13.1 Å². The number of carbonyl (C=O) groups excluding carboxylic acids is 1. The van der Waals surface area contributed by atoms with Gasteiger partial charge in [-0.2, -0.15) is 5.10 Å². The Bertz CT molecular complexity index is 680. The third kappa shape index (κ3) is 2.12. The highest BCUT2D eigenvalue weighted by molar-refractivity contribution is 5.87. The molecular weight excluding hydrogens is 264 g/mol.